The van der Waals surface area contributed by atoms with E-state index in [9.17, 15) is 5.11 Å². The van der Waals surface area contributed by atoms with Crippen molar-refractivity contribution in [1.82, 2.24) is 9.55 Å². The molecule has 3 nitrogen and oxygen atoms in total. The van der Waals surface area contributed by atoms with Crippen LogP contribution in [-0.2, 0) is 13.7 Å². The summed E-state index contributed by atoms with van der Waals surface area (Å²) >= 11 is 0. The summed E-state index contributed by atoms with van der Waals surface area (Å²) in [5.74, 6) is 0. The van der Waals surface area contributed by atoms with Crippen LogP contribution in [0.5, 0.6) is 0 Å². The summed E-state index contributed by atoms with van der Waals surface area (Å²) in [6.45, 7) is 2.07. The maximum Gasteiger partial charge on any atom is 0.0955 e. The molecule has 0 spiro atoms. The summed E-state index contributed by atoms with van der Waals surface area (Å²) in [6.07, 6.45) is 1.77. The SMILES string of the molecule is Cc1ccc2ncn(C)c2c1CO. The average Bonchev–Trinajstić information content (AvgIpc) is 2.49. The molecular weight excluding hydrogens is 164 g/mol. The number of hydrogen-bond donors (Lipinski definition) is 1. The lowest BCUT2D eigenvalue weighted by Gasteiger charge is -2.05. The van der Waals surface area contributed by atoms with Crippen LogP contribution in [0, 0.1) is 6.92 Å². The lowest BCUT2D eigenvalue weighted by Crippen LogP contribution is -1.94. The van der Waals surface area contributed by atoms with Gasteiger partial charge in [0.05, 0.1) is 24.0 Å². The van der Waals surface area contributed by atoms with E-state index in [1.54, 1.807) is 6.33 Å². The van der Waals surface area contributed by atoms with Crippen molar-refractivity contribution in [2.75, 3.05) is 0 Å². The van der Waals surface area contributed by atoms with Gasteiger partial charge in [-0.25, -0.2) is 4.98 Å². The minimum Gasteiger partial charge on any atom is -0.392 e. The highest BCUT2D eigenvalue weighted by Crippen LogP contribution is 2.20. The molecule has 3 heteroatoms. The molecule has 0 aliphatic rings. The summed E-state index contributed by atoms with van der Waals surface area (Å²) in [4.78, 5) is 4.22. The second-order valence-corrected chi connectivity index (χ2v) is 3.24. The number of hydrogen-bond acceptors (Lipinski definition) is 2. The van der Waals surface area contributed by atoms with Gasteiger partial charge < -0.3 is 9.67 Å². The molecule has 0 fully saturated rings. The van der Waals surface area contributed by atoms with E-state index in [0.29, 0.717) is 0 Å². The Balaban J connectivity index is 2.88. The molecule has 1 aromatic heterocycles. The van der Waals surface area contributed by atoms with E-state index in [0.717, 1.165) is 22.2 Å². The van der Waals surface area contributed by atoms with Crippen LogP contribution in [0.1, 0.15) is 11.1 Å². The summed E-state index contributed by atoms with van der Waals surface area (Å²) in [5, 5.41) is 9.22. The van der Waals surface area contributed by atoms with E-state index >= 15 is 0 Å². The third-order valence-corrected chi connectivity index (χ3v) is 2.38. The molecule has 0 aliphatic carbocycles. The number of aryl methyl sites for hydroxylation is 2. The second kappa shape index (κ2) is 2.85. The molecule has 0 aliphatic heterocycles. The van der Waals surface area contributed by atoms with Gasteiger partial charge in [-0.15, -0.1) is 0 Å². The molecule has 0 saturated heterocycles. The van der Waals surface area contributed by atoms with E-state index in [4.69, 9.17) is 0 Å². The van der Waals surface area contributed by atoms with E-state index in [1.807, 2.05) is 30.7 Å². The van der Waals surface area contributed by atoms with Crippen molar-refractivity contribution < 1.29 is 5.11 Å². The van der Waals surface area contributed by atoms with Gasteiger partial charge in [0.25, 0.3) is 0 Å². The minimum absolute atomic E-state index is 0.0721. The van der Waals surface area contributed by atoms with Crippen LogP contribution in [0.3, 0.4) is 0 Å². The Hall–Kier alpha value is -1.35. The number of aliphatic hydroxyl groups excluding tert-OH is 1. The van der Waals surface area contributed by atoms with E-state index in [-0.39, 0.29) is 6.61 Å². The highest BCUT2D eigenvalue weighted by Gasteiger charge is 2.07. The molecule has 13 heavy (non-hydrogen) atoms. The van der Waals surface area contributed by atoms with Gasteiger partial charge in [-0.05, 0) is 18.6 Å². The standard InChI is InChI=1S/C10H12N2O/c1-7-3-4-9-10(8(7)5-13)12(2)6-11-9/h3-4,6,13H,5H2,1-2H3. The van der Waals surface area contributed by atoms with Crippen molar-refractivity contribution in [3.63, 3.8) is 0 Å². The van der Waals surface area contributed by atoms with Crippen LogP contribution in [0.4, 0.5) is 0 Å². The van der Waals surface area contributed by atoms with E-state index in [2.05, 4.69) is 4.98 Å². The number of nitrogens with zero attached hydrogens (tertiary/aromatic N) is 2. The molecule has 0 amide bonds. The predicted molar refractivity (Wildman–Crippen MR) is 51.4 cm³/mol. The van der Waals surface area contributed by atoms with Crippen LogP contribution >= 0.6 is 0 Å². The number of aromatic nitrogens is 2. The molecule has 0 saturated carbocycles. The van der Waals surface area contributed by atoms with Crippen molar-refractivity contribution in [3.8, 4) is 0 Å². The Kier molecular flexibility index (Phi) is 1.81. The molecule has 2 rings (SSSR count). The number of imidazole rings is 1. The van der Waals surface area contributed by atoms with E-state index in [1.165, 1.54) is 0 Å². The van der Waals surface area contributed by atoms with Crippen LogP contribution in [0.2, 0.25) is 0 Å². The first-order chi connectivity index (χ1) is 6.24. The molecule has 1 N–H and O–H groups in total. The first kappa shape index (κ1) is 8.26. The summed E-state index contributed by atoms with van der Waals surface area (Å²) < 4.78 is 1.94. The molecule has 0 unspecified atom stereocenters. The van der Waals surface area contributed by atoms with Gasteiger partial charge >= 0.3 is 0 Å². The fourth-order valence-corrected chi connectivity index (χ4v) is 1.63. The van der Waals surface area contributed by atoms with Crippen molar-refractivity contribution in [2.45, 2.75) is 13.5 Å². The van der Waals surface area contributed by atoms with Crippen LogP contribution in [-0.4, -0.2) is 14.7 Å². The molecule has 0 bridgehead atoms. The minimum atomic E-state index is 0.0721. The monoisotopic (exact) mass is 176 g/mol. The molecule has 2 aromatic rings. The van der Waals surface area contributed by atoms with Gasteiger partial charge in [-0.1, -0.05) is 6.07 Å². The Morgan fingerprint density at radius 2 is 2.23 bits per heavy atom. The van der Waals surface area contributed by atoms with Gasteiger partial charge in [0.1, 0.15) is 0 Å². The van der Waals surface area contributed by atoms with Gasteiger partial charge in [-0.3, -0.25) is 0 Å². The Morgan fingerprint density at radius 1 is 1.46 bits per heavy atom. The first-order valence-electron chi connectivity index (χ1n) is 4.24. The lowest BCUT2D eigenvalue weighted by atomic mass is 10.1. The van der Waals surface area contributed by atoms with Crippen LogP contribution in [0.15, 0.2) is 18.5 Å². The quantitative estimate of drug-likeness (QED) is 0.712. The average molecular weight is 176 g/mol. The number of aliphatic hydroxyl groups is 1. The van der Waals surface area contributed by atoms with Gasteiger partial charge in [-0.2, -0.15) is 0 Å². The zero-order valence-electron chi connectivity index (χ0n) is 7.78. The van der Waals surface area contributed by atoms with E-state index < -0.39 is 0 Å². The van der Waals surface area contributed by atoms with Gasteiger partial charge in [0.15, 0.2) is 0 Å². The third kappa shape index (κ3) is 1.12. The second-order valence-electron chi connectivity index (χ2n) is 3.24. The highest BCUT2D eigenvalue weighted by atomic mass is 16.3. The third-order valence-electron chi connectivity index (χ3n) is 2.38. The molecule has 0 radical (unpaired) electrons. The summed E-state index contributed by atoms with van der Waals surface area (Å²) in [6, 6.07) is 3.96. The normalized spacial score (nSPS) is 11.0. The van der Waals surface area contributed by atoms with Crippen molar-refractivity contribution in [2.24, 2.45) is 7.05 Å². The Bertz CT molecular complexity index is 445. The lowest BCUT2D eigenvalue weighted by molar-refractivity contribution is 0.282. The first-order valence-corrected chi connectivity index (χ1v) is 4.24. The molecule has 1 heterocycles. The fourth-order valence-electron chi connectivity index (χ4n) is 1.63. The Labute approximate surface area is 76.6 Å². The number of benzene rings is 1. The van der Waals surface area contributed by atoms with Gasteiger partial charge in [0, 0.05) is 12.6 Å². The van der Waals surface area contributed by atoms with Crippen LogP contribution < -0.4 is 0 Å². The van der Waals surface area contributed by atoms with Crippen molar-refractivity contribution >= 4 is 11.0 Å². The maximum atomic E-state index is 9.22. The maximum absolute atomic E-state index is 9.22. The summed E-state index contributed by atoms with van der Waals surface area (Å²) in [7, 11) is 1.94. The van der Waals surface area contributed by atoms with Crippen molar-refractivity contribution in [1.29, 1.82) is 0 Å². The zero-order valence-corrected chi connectivity index (χ0v) is 7.78. The smallest absolute Gasteiger partial charge is 0.0955 e. The molecular formula is C10H12N2O. The molecule has 0 atom stereocenters. The number of rotatable bonds is 1. The van der Waals surface area contributed by atoms with Crippen LogP contribution in [0.25, 0.3) is 11.0 Å². The molecule has 1 aromatic carbocycles. The fraction of sp³-hybridized carbons (Fsp3) is 0.300. The topological polar surface area (TPSA) is 38.0 Å². The summed E-state index contributed by atoms with van der Waals surface area (Å²) in [5.41, 5.74) is 4.05. The van der Waals surface area contributed by atoms with Crippen molar-refractivity contribution in [3.05, 3.63) is 29.6 Å². The largest absolute Gasteiger partial charge is 0.392 e. The zero-order chi connectivity index (χ0) is 9.42. The Morgan fingerprint density at radius 3 is 2.92 bits per heavy atom. The number of fused-ring (bicyclic) bond motifs is 1. The highest BCUT2D eigenvalue weighted by molar-refractivity contribution is 5.80. The predicted octanol–water partition coefficient (Wildman–Crippen LogP) is 1.37. The van der Waals surface area contributed by atoms with Gasteiger partial charge in [0.2, 0.25) is 0 Å². The molecule has 68 valence electrons.